The Morgan fingerprint density at radius 2 is 2.25 bits per heavy atom. The lowest BCUT2D eigenvalue weighted by atomic mass is 10.2. The Labute approximate surface area is 92.1 Å². The van der Waals surface area contributed by atoms with Gasteiger partial charge in [-0.25, -0.2) is 4.39 Å². The molecular weight excluding hydrogens is 209 g/mol. The summed E-state index contributed by atoms with van der Waals surface area (Å²) in [6.07, 6.45) is 1.59. The predicted molar refractivity (Wildman–Crippen MR) is 57.5 cm³/mol. The van der Waals surface area contributed by atoms with Crippen molar-refractivity contribution in [1.29, 1.82) is 0 Å². The molecule has 1 heterocycles. The van der Waals surface area contributed by atoms with E-state index < -0.39 is 0 Å². The first kappa shape index (κ1) is 10.5. The van der Waals surface area contributed by atoms with Gasteiger partial charge in [0.25, 0.3) is 0 Å². The molecule has 0 aliphatic carbocycles. The molecule has 0 radical (unpaired) electrons. The van der Waals surface area contributed by atoms with Gasteiger partial charge in [0.1, 0.15) is 11.5 Å². The van der Waals surface area contributed by atoms with Crippen LogP contribution in [-0.2, 0) is 6.42 Å². The molecule has 0 saturated heterocycles. The number of aryl methyl sites for hydroxylation is 1. The molecular formula is C10H12FN5. The van der Waals surface area contributed by atoms with Crippen LogP contribution in [-0.4, -0.2) is 20.2 Å². The summed E-state index contributed by atoms with van der Waals surface area (Å²) in [7, 11) is 0. The molecule has 0 bridgehead atoms. The van der Waals surface area contributed by atoms with E-state index in [4.69, 9.17) is 5.73 Å². The quantitative estimate of drug-likeness (QED) is 0.794. The van der Waals surface area contributed by atoms with Gasteiger partial charge in [0.15, 0.2) is 5.82 Å². The Bertz CT molecular complexity index is 494. The normalized spacial score (nSPS) is 10.6. The second kappa shape index (κ2) is 4.26. The summed E-state index contributed by atoms with van der Waals surface area (Å²) in [6.45, 7) is 2.01. The number of rotatable bonds is 3. The fourth-order valence-corrected chi connectivity index (χ4v) is 1.46. The Balaban J connectivity index is 2.49. The highest BCUT2D eigenvalue weighted by atomic mass is 19.1. The largest absolute Gasteiger partial charge is 0.399 e. The summed E-state index contributed by atoms with van der Waals surface area (Å²) < 4.78 is 15.0. The van der Waals surface area contributed by atoms with Crippen LogP contribution in [0.2, 0.25) is 0 Å². The summed E-state index contributed by atoms with van der Waals surface area (Å²) in [5.74, 6) is 0.242. The average Bonchev–Trinajstić information content (AvgIpc) is 2.70. The molecule has 6 heteroatoms. The van der Waals surface area contributed by atoms with Crippen LogP contribution in [0.1, 0.15) is 19.2 Å². The zero-order valence-electron chi connectivity index (χ0n) is 8.89. The van der Waals surface area contributed by atoms with E-state index >= 15 is 0 Å². The second-order valence-corrected chi connectivity index (χ2v) is 3.47. The molecule has 1 aromatic heterocycles. The minimum absolute atomic E-state index is 0.286. The molecule has 84 valence electrons. The fraction of sp³-hybridized carbons (Fsp3) is 0.300. The van der Waals surface area contributed by atoms with Crippen LogP contribution in [0.3, 0.4) is 0 Å². The van der Waals surface area contributed by atoms with Gasteiger partial charge in [0.2, 0.25) is 0 Å². The molecule has 2 N–H and O–H groups in total. The molecule has 0 aliphatic rings. The molecule has 0 saturated carbocycles. The molecule has 1 aromatic carbocycles. The number of benzene rings is 1. The molecule has 0 atom stereocenters. The highest BCUT2D eigenvalue weighted by Crippen LogP contribution is 2.17. The summed E-state index contributed by atoms with van der Waals surface area (Å²) in [6, 6.07) is 4.33. The molecule has 2 rings (SSSR count). The Morgan fingerprint density at radius 3 is 3.00 bits per heavy atom. The van der Waals surface area contributed by atoms with Gasteiger partial charge in [-0.05, 0) is 35.0 Å². The van der Waals surface area contributed by atoms with Crippen molar-refractivity contribution >= 4 is 5.69 Å². The SMILES string of the molecule is CCCc1nnnn1-c1cc(N)ccc1F. The molecule has 0 amide bonds. The monoisotopic (exact) mass is 221 g/mol. The maximum atomic E-state index is 13.6. The Hall–Kier alpha value is -1.98. The van der Waals surface area contributed by atoms with Gasteiger partial charge in [-0.3, -0.25) is 0 Å². The third kappa shape index (κ3) is 1.86. The van der Waals surface area contributed by atoms with Crippen molar-refractivity contribution in [2.45, 2.75) is 19.8 Å². The van der Waals surface area contributed by atoms with Crippen LogP contribution in [0.4, 0.5) is 10.1 Å². The smallest absolute Gasteiger partial charge is 0.156 e. The number of nitrogens with two attached hydrogens (primary N) is 1. The molecule has 0 aliphatic heterocycles. The van der Waals surface area contributed by atoms with Gasteiger partial charge in [-0.1, -0.05) is 6.92 Å². The van der Waals surface area contributed by atoms with Crippen LogP contribution < -0.4 is 5.73 Å². The van der Waals surface area contributed by atoms with Gasteiger partial charge in [0.05, 0.1) is 0 Å². The summed E-state index contributed by atoms with van der Waals surface area (Å²) >= 11 is 0. The fourth-order valence-electron chi connectivity index (χ4n) is 1.46. The molecule has 0 spiro atoms. The molecule has 16 heavy (non-hydrogen) atoms. The average molecular weight is 221 g/mol. The Morgan fingerprint density at radius 1 is 1.44 bits per heavy atom. The lowest BCUT2D eigenvalue weighted by Gasteiger charge is -2.05. The number of halogens is 1. The molecule has 0 unspecified atom stereocenters. The summed E-state index contributed by atoms with van der Waals surface area (Å²) in [5.41, 5.74) is 6.38. The number of nitrogen functional groups attached to an aromatic ring is 1. The van der Waals surface area contributed by atoms with E-state index in [1.807, 2.05) is 6.92 Å². The maximum absolute atomic E-state index is 13.6. The number of tetrazole rings is 1. The molecule has 5 nitrogen and oxygen atoms in total. The van der Waals surface area contributed by atoms with E-state index in [1.54, 1.807) is 0 Å². The van der Waals surface area contributed by atoms with Crippen LogP contribution in [0.15, 0.2) is 18.2 Å². The minimum Gasteiger partial charge on any atom is -0.399 e. The van der Waals surface area contributed by atoms with Crippen molar-refractivity contribution in [3.63, 3.8) is 0 Å². The number of aromatic nitrogens is 4. The third-order valence-corrected chi connectivity index (χ3v) is 2.21. The molecule has 2 aromatic rings. The molecule has 0 fully saturated rings. The lowest BCUT2D eigenvalue weighted by Crippen LogP contribution is -2.06. The van der Waals surface area contributed by atoms with Crippen molar-refractivity contribution in [1.82, 2.24) is 20.2 Å². The van der Waals surface area contributed by atoms with Crippen molar-refractivity contribution in [3.8, 4) is 5.69 Å². The lowest BCUT2D eigenvalue weighted by molar-refractivity contribution is 0.601. The van der Waals surface area contributed by atoms with E-state index in [0.717, 1.165) is 6.42 Å². The van der Waals surface area contributed by atoms with Gasteiger partial charge in [-0.15, -0.1) is 5.10 Å². The van der Waals surface area contributed by atoms with E-state index in [9.17, 15) is 4.39 Å². The number of anilines is 1. The summed E-state index contributed by atoms with van der Waals surface area (Å²) in [5, 5.41) is 11.2. The maximum Gasteiger partial charge on any atom is 0.156 e. The third-order valence-electron chi connectivity index (χ3n) is 2.21. The van der Waals surface area contributed by atoms with Crippen molar-refractivity contribution in [2.24, 2.45) is 0 Å². The van der Waals surface area contributed by atoms with Gasteiger partial charge < -0.3 is 5.73 Å². The number of nitrogens with zero attached hydrogens (tertiary/aromatic N) is 4. The van der Waals surface area contributed by atoms with Crippen LogP contribution >= 0.6 is 0 Å². The van der Waals surface area contributed by atoms with Gasteiger partial charge in [-0.2, -0.15) is 4.68 Å². The standard InChI is InChI=1S/C10H12FN5/c1-2-3-10-13-14-15-16(10)9-6-7(12)4-5-8(9)11/h4-6H,2-3,12H2,1H3. The number of hydrogen-bond donors (Lipinski definition) is 1. The first-order valence-corrected chi connectivity index (χ1v) is 5.05. The predicted octanol–water partition coefficient (Wildman–Crippen LogP) is 1.34. The van der Waals surface area contributed by atoms with Crippen LogP contribution in [0.5, 0.6) is 0 Å². The summed E-state index contributed by atoms with van der Waals surface area (Å²) in [4.78, 5) is 0. The highest BCUT2D eigenvalue weighted by molar-refractivity contribution is 5.48. The minimum atomic E-state index is -0.390. The van der Waals surface area contributed by atoms with Crippen LogP contribution in [0.25, 0.3) is 5.69 Å². The second-order valence-electron chi connectivity index (χ2n) is 3.47. The zero-order chi connectivity index (χ0) is 11.5. The first-order valence-electron chi connectivity index (χ1n) is 5.05. The van der Waals surface area contributed by atoms with E-state index in [-0.39, 0.29) is 11.5 Å². The van der Waals surface area contributed by atoms with E-state index in [1.165, 1.54) is 22.9 Å². The topological polar surface area (TPSA) is 69.6 Å². The van der Waals surface area contributed by atoms with Crippen molar-refractivity contribution < 1.29 is 4.39 Å². The van der Waals surface area contributed by atoms with E-state index in [0.29, 0.717) is 17.9 Å². The van der Waals surface area contributed by atoms with E-state index in [2.05, 4.69) is 15.5 Å². The van der Waals surface area contributed by atoms with Crippen LogP contribution in [0, 0.1) is 5.82 Å². The first-order chi connectivity index (χ1) is 7.72. The van der Waals surface area contributed by atoms with Gasteiger partial charge in [0, 0.05) is 12.1 Å². The highest BCUT2D eigenvalue weighted by Gasteiger charge is 2.11. The zero-order valence-corrected chi connectivity index (χ0v) is 8.89. The Kier molecular flexibility index (Phi) is 2.80. The number of hydrogen-bond acceptors (Lipinski definition) is 4. The van der Waals surface area contributed by atoms with Gasteiger partial charge >= 0.3 is 0 Å². The van der Waals surface area contributed by atoms with Crippen molar-refractivity contribution in [2.75, 3.05) is 5.73 Å². The van der Waals surface area contributed by atoms with Crippen molar-refractivity contribution in [3.05, 3.63) is 29.8 Å².